The van der Waals surface area contributed by atoms with E-state index in [0.717, 1.165) is 26.2 Å². The number of fused-ring (bicyclic) bond motifs is 3. The molecule has 4 rings (SSSR count). The summed E-state index contributed by atoms with van der Waals surface area (Å²) in [6.45, 7) is 5.64. The van der Waals surface area contributed by atoms with Crippen molar-refractivity contribution in [2.24, 2.45) is 0 Å². The monoisotopic (exact) mass is 320 g/mol. The van der Waals surface area contributed by atoms with Gasteiger partial charge in [-0.25, -0.2) is 0 Å². The Kier molecular flexibility index (Phi) is 4.11. The van der Waals surface area contributed by atoms with Gasteiger partial charge in [-0.3, -0.25) is 9.69 Å². The molecule has 2 aromatic carbocycles. The van der Waals surface area contributed by atoms with Crippen LogP contribution in [-0.2, 0) is 4.79 Å². The second-order valence-corrected chi connectivity index (χ2v) is 6.80. The lowest BCUT2D eigenvalue weighted by atomic mass is 9.80. The maximum absolute atomic E-state index is 12.1. The van der Waals surface area contributed by atoms with Crippen molar-refractivity contribution in [3.8, 4) is 0 Å². The molecule has 1 fully saturated rings. The van der Waals surface area contributed by atoms with E-state index >= 15 is 0 Å². The molecule has 2 aliphatic heterocycles. The molecular weight excluding hydrogens is 296 g/mol. The number of amides is 1. The fraction of sp³-hybridized carbons (Fsp3) is 0.381. The predicted molar refractivity (Wildman–Crippen MR) is 95.9 cm³/mol. The highest BCUT2D eigenvalue weighted by molar-refractivity contribution is 5.76. The first-order chi connectivity index (χ1) is 11.8. The van der Waals surface area contributed by atoms with Crippen LogP contribution in [0.3, 0.4) is 0 Å². The molecule has 3 heteroatoms. The van der Waals surface area contributed by atoms with E-state index in [1.54, 1.807) is 0 Å². The van der Waals surface area contributed by atoms with Gasteiger partial charge in [-0.2, -0.15) is 0 Å². The highest BCUT2D eigenvalue weighted by Gasteiger charge is 2.37. The summed E-state index contributed by atoms with van der Waals surface area (Å²) in [4.78, 5) is 16.8. The van der Waals surface area contributed by atoms with Crippen LogP contribution >= 0.6 is 0 Å². The summed E-state index contributed by atoms with van der Waals surface area (Å²) in [6, 6.07) is 19.9. The Morgan fingerprint density at radius 2 is 1.67 bits per heavy atom. The Morgan fingerprint density at radius 3 is 2.42 bits per heavy atom. The van der Waals surface area contributed by atoms with Crippen molar-refractivity contribution < 1.29 is 4.79 Å². The molecule has 0 unspecified atom stereocenters. The minimum Gasteiger partial charge on any atom is -0.340 e. The number of hydrogen-bond donors (Lipinski definition) is 0. The Labute approximate surface area is 143 Å². The molecule has 3 nitrogen and oxygen atoms in total. The average Bonchev–Trinajstić information content (AvgIpc) is 2.67. The summed E-state index contributed by atoms with van der Waals surface area (Å²) in [6.07, 6.45) is 0.598. The van der Waals surface area contributed by atoms with Crippen LogP contribution in [0.1, 0.15) is 42.0 Å². The van der Waals surface area contributed by atoms with E-state index < -0.39 is 0 Å². The SMILES string of the molecule is CCC(=O)N1CCN2C[C@@H](c3ccccc3)c3ccccc3[C@H]2C1. The van der Waals surface area contributed by atoms with Crippen LogP contribution in [0.25, 0.3) is 0 Å². The van der Waals surface area contributed by atoms with E-state index in [-0.39, 0.29) is 5.91 Å². The summed E-state index contributed by atoms with van der Waals surface area (Å²) < 4.78 is 0. The van der Waals surface area contributed by atoms with Crippen molar-refractivity contribution in [1.29, 1.82) is 0 Å². The molecule has 124 valence electrons. The molecule has 0 N–H and O–H groups in total. The van der Waals surface area contributed by atoms with Crippen LogP contribution in [0.2, 0.25) is 0 Å². The normalized spacial score (nSPS) is 23.5. The first kappa shape index (κ1) is 15.4. The van der Waals surface area contributed by atoms with Crippen LogP contribution in [0.15, 0.2) is 54.6 Å². The van der Waals surface area contributed by atoms with Crippen molar-refractivity contribution in [3.63, 3.8) is 0 Å². The number of piperazine rings is 1. The summed E-state index contributed by atoms with van der Waals surface area (Å²) in [7, 11) is 0. The zero-order valence-electron chi connectivity index (χ0n) is 14.2. The van der Waals surface area contributed by atoms with Gasteiger partial charge in [-0.05, 0) is 16.7 Å². The largest absolute Gasteiger partial charge is 0.340 e. The molecule has 0 radical (unpaired) electrons. The van der Waals surface area contributed by atoms with Gasteiger partial charge >= 0.3 is 0 Å². The van der Waals surface area contributed by atoms with Gasteiger partial charge in [0.2, 0.25) is 5.91 Å². The van der Waals surface area contributed by atoms with Crippen molar-refractivity contribution in [2.75, 3.05) is 26.2 Å². The third-order valence-corrected chi connectivity index (χ3v) is 5.50. The summed E-state index contributed by atoms with van der Waals surface area (Å²) >= 11 is 0. The van der Waals surface area contributed by atoms with Crippen molar-refractivity contribution in [2.45, 2.75) is 25.3 Å². The minimum atomic E-state index is 0.275. The van der Waals surface area contributed by atoms with Crippen LogP contribution in [0.5, 0.6) is 0 Å². The number of nitrogens with zero attached hydrogens (tertiary/aromatic N) is 2. The summed E-state index contributed by atoms with van der Waals surface area (Å²) in [5.74, 6) is 0.699. The highest BCUT2D eigenvalue weighted by Crippen LogP contribution is 2.40. The molecule has 0 saturated carbocycles. The molecule has 24 heavy (non-hydrogen) atoms. The van der Waals surface area contributed by atoms with E-state index in [0.29, 0.717) is 18.4 Å². The molecule has 0 bridgehead atoms. The summed E-state index contributed by atoms with van der Waals surface area (Å²) in [5.41, 5.74) is 4.21. The molecule has 2 heterocycles. The van der Waals surface area contributed by atoms with E-state index in [1.165, 1.54) is 16.7 Å². The second kappa shape index (κ2) is 6.40. The van der Waals surface area contributed by atoms with Crippen molar-refractivity contribution >= 4 is 5.91 Å². The lowest BCUT2D eigenvalue weighted by molar-refractivity contribution is -0.134. The fourth-order valence-corrected chi connectivity index (χ4v) is 4.22. The molecular formula is C21H24N2O. The Hall–Kier alpha value is -2.13. The number of carbonyl (C=O) groups excluding carboxylic acids is 1. The van der Waals surface area contributed by atoms with Crippen molar-refractivity contribution in [1.82, 2.24) is 9.80 Å². The van der Waals surface area contributed by atoms with Crippen LogP contribution in [0.4, 0.5) is 0 Å². The number of rotatable bonds is 2. The molecule has 1 saturated heterocycles. The van der Waals surface area contributed by atoms with Gasteiger partial charge in [-0.15, -0.1) is 0 Å². The minimum absolute atomic E-state index is 0.275. The molecule has 0 aromatic heterocycles. The lowest BCUT2D eigenvalue weighted by Crippen LogP contribution is -2.53. The standard InChI is InChI=1S/C21H24N2O/c1-2-21(24)23-13-12-22-14-19(16-8-4-3-5-9-16)17-10-6-7-11-18(17)20(22)15-23/h3-11,19-20H,2,12-15H2,1H3/t19-,20+/m0/s1. The van der Waals surface area contributed by atoms with Gasteiger partial charge in [0.1, 0.15) is 0 Å². The second-order valence-electron chi connectivity index (χ2n) is 6.80. The van der Waals surface area contributed by atoms with Crippen LogP contribution in [-0.4, -0.2) is 41.9 Å². The van der Waals surface area contributed by atoms with Gasteiger partial charge in [-0.1, -0.05) is 61.5 Å². The number of carbonyl (C=O) groups is 1. The van der Waals surface area contributed by atoms with Gasteiger partial charge < -0.3 is 4.90 Å². The van der Waals surface area contributed by atoms with Gasteiger partial charge in [0.15, 0.2) is 0 Å². The smallest absolute Gasteiger partial charge is 0.222 e. The highest BCUT2D eigenvalue weighted by atomic mass is 16.2. The predicted octanol–water partition coefficient (Wildman–Crippen LogP) is 3.43. The topological polar surface area (TPSA) is 23.6 Å². The lowest BCUT2D eigenvalue weighted by Gasteiger charge is -2.47. The third-order valence-electron chi connectivity index (χ3n) is 5.50. The average molecular weight is 320 g/mol. The van der Waals surface area contributed by atoms with Gasteiger partial charge in [0, 0.05) is 38.5 Å². The van der Waals surface area contributed by atoms with Crippen LogP contribution < -0.4 is 0 Å². The molecule has 1 amide bonds. The van der Waals surface area contributed by atoms with E-state index in [9.17, 15) is 4.79 Å². The van der Waals surface area contributed by atoms with E-state index in [1.807, 2.05) is 11.8 Å². The molecule has 2 atom stereocenters. The van der Waals surface area contributed by atoms with Crippen LogP contribution in [0, 0.1) is 0 Å². The van der Waals surface area contributed by atoms with E-state index in [2.05, 4.69) is 59.5 Å². The number of hydrogen-bond acceptors (Lipinski definition) is 2. The van der Waals surface area contributed by atoms with Crippen molar-refractivity contribution in [3.05, 3.63) is 71.3 Å². The maximum atomic E-state index is 12.1. The Morgan fingerprint density at radius 1 is 0.958 bits per heavy atom. The first-order valence-corrected chi connectivity index (χ1v) is 8.93. The quantitative estimate of drug-likeness (QED) is 0.846. The van der Waals surface area contributed by atoms with Gasteiger partial charge in [0.25, 0.3) is 0 Å². The molecule has 2 aliphatic rings. The third kappa shape index (κ3) is 2.63. The Balaban J connectivity index is 1.70. The maximum Gasteiger partial charge on any atom is 0.222 e. The number of benzene rings is 2. The molecule has 2 aromatic rings. The zero-order valence-corrected chi connectivity index (χ0v) is 14.2. The van der Waals surface area contributed by atoms with Gasteiger partial charge in [0.05, 0.1) is 6.04 Å². The van der Waals surface area contributed by atoms with E-state index in [4.69, 9.17) is 0 Å². The first-order valence-electron chi connectivity index (χ1n) is 8.93. The Bertz CT molecular complexity index is 728. The summed E-state index contributed by atoms with van der Waals surface area (Å²) in [5, 5.41) is 0. The molecule has 0 aliphatic carbocycles. The molecule has 0 spiro atoms. The zero-order chi connectivity index (χ0) is 16.5. The fourth-order valence-electron chi connectivity index (χ4n) is 4.22.